The van der Waals surface area contributed by atoms with Crippen molar-refractivity contribution >= 4 is 11.6 Å². The molecule has 1 aromatic carbocycles. The van der Waals surface area contributed by atoms with Crippen molar-refractivity contribution in [2.24, 2.45) is 16.1 Å². The number of nitrogens with zero attached hydrogens (tertiary/aromatic N) is 1. The molecule has 0 aliphatic heterocycles. The minimum Gasteiger partial charge on any atom is -0.370 e. The molecule has 114 valence electrons. The summed E-state index contributed by atoms with van der Waals surface area (Å²) < 4.78 is 26.6. The summed E-state index contributed by atoms with van der Waals surface area (Å²) in [7, 11) is 0. The number of allylic oxidation sites excluding steroid dienone is 1. The van der Waals surface area contributed by atoms with Crippen LogP contribution >= 0.6 is 0 Å². The number of hydrogen-bond donors (Lipinski definition) is 2. The fraction of sp³-hybridized carbons (Fsp3) is 0.438. The lowest BCUT2D eigenvalue weighted by atomic mass is 9.84. The molecule has 0 atom stereocenters. The first-order chi connectivity index (χ1) is 9.88. The summed E-state index contributed by atoms with van der Waals surface area (Å²) in [6.07, 6.45) is 5.65. The summed E-state index contributed by atoms with van der Waals surface area (Å²) in [4.78, 5) is 4.26. The number of aliphatic imine (C=N–C) groups is 1. The van der Waals surface area contributed by atoms with Gasteiger partial charge < -0.3 is 11.1 Å². The van der Waals surface area contributed by atoms with Gasteiger partial charge in [-0.3, -0.25) is 4.99 Å². The Kier molecular flexibility index (Phi) is 4.60. The van der Waals surface area contributed by atoms with E-state index in [1.165, 1.54) is 12.0 Å². The highest BCUT2D eigenvalue weighted by Crippen LogP contribution is 2.34. The van der Waals surface area contributed by atoms with Crippen LogP contribution in [0.15, 0.2) is 34.8 Å². The average molecular weight is 293 g/mol. The van der Waals surface area contributed by atoms with Crippen molar-refractivity contribution in [3.8, 4) is 0 Å². The first kappa shape index (κ1) is 15.5. The van der Waals surface area contributed by atoms with Gasteiger partial charge in [-0.05, 0) is 31.4 Å². The molecule has 21 heavy (non-hydrogen) atoms. The maximum absolute atomic E-state index is 13.5. The summed E-state index contributed by atoms with van der Waals surface area (Å²) in [5.74, 6) is -0.998. The lowest BCUT2D eigenvalue weighted by Gasteiger charge is -2.24. The molecule has 0 aromatic heterocycles. The molecule has 5 heteroatoms. The average Bonchev–Trinajstić information content (AvgIpc) is 2.96. The maximum Gasteiger partial charge on any atom is 0.193 e. The van der Waals surface area contributed by atoms with Gasteiger partial charge in [0.2, 0.25) is 0 Å². The van der Waals surface area contributed by atoms with Gasteiger partial charge in [-0.25, -0.2) is 8.78 Å². The Labute approximate surface area is 124 Å². The molecule has 2 rings (SSSR count). The minimum absolute atomic E-state index is 0.00543. The van der Waals surface area contributed by atoms with Gasteiger partial charge in [-0.15, -0.1) is 0 Å². The molecule has 0 fully saturated rings. The van der Waals surface area contributed by atoms with Crippen molar-refractivity contribution < 1.29 is 8.78 Å². The number of anilines is 1. The number of nitrogens with one attached hydrogen (secondary N) is 1. The monoisotopic (exact) mass is 293 g/mol. The second-order valence-corrected chi connectivity index (χ2v) is 5.96. The van der Waals surface area contributed by atoms with Gasteiger partial charge in [0.05, 0.1) is 12.2 Å². The summed E-state index contributed by atoms with van der Waals surface area (Å²) in [5, 5.41) is 2.61. The van der Waals surface area contributed by atoms with Crippen molar-refractivity contribution in [3.63, 3.8) is 0 Å². The largest absolute Gasteiger partial charge is 0.370 e. The van der Waals surface area contributed by atoms with E-state index in [0.29, 0.717) is 6.54 Å². The molecule has 3 N–H and O–H groups in total. The Morgan fingerprint density at radius 1 is 1.38 bits per heavy atom. The second kappa shape index (κ2) is 6.24. The number of hydrogen-bond acceptors (Lipinski definition) is 1. The van der Waals surface area contributed by atoms with E-state index in [2.05, 4.69) is 30.2 Å². The van der Waals surface area contributed by atoms with E-state index in [1.54, 1.807) is 0 Å². The van der Waals surface area contributed by atoms with Gasteiger partial charge >= 0.3 is 0 Å². The Bertz CT molecular complexity index is 577. The molecule has 1 aromatic rings. The molecule has 0 spiro atoms. The SMILES string of the molecule is CC(C)(CN=C(N)Nc1cc(F)ccc1F)C1=CCCC1. The summed E-state index contributed by atoms with van der Waals surface area (Å²) in [6, 6.07) is 3.17. The predicted octanol–water partition coefficient (Wildman–Crippen LogP) is 3.83. The van der Waals surface area contributed by atoms with E-state index in [-0.39, 0.29) is 17.1 Å². The Balaban J connectivity index is 2.02. The molecule has 0 saturated carbocycles. The third-order valence-corrected chi connectivity index (χ3v) is 3.75. The molecule has 0 saturated heterocycles. The van der Waals surface area contributed by atoms with Crippen LogP contribution in [0.5, 0.6) is 0 Å². The summed E-state index contributed by atoms with van der Waals surface area (Å²) in [5.41, 5.74) is 7.07. The molecule has 0 bridgehead atoms. The van der Waals surface area contributed by atoms with Crippen molar-refractivity contribution in [3.05, 3.63) is 41.5 Å². The highest BCUT2D eigenvalue weighted by Gasteiger charge is 2.24. The number of guanidine groups is 1. The molecule has 3 nitrogen and oxygen atoms in total. The van der Waals surface area contributed by atoms with Gasteiger partial charge in [0.25, 0.3) is 0 Å². The normalized spacial score (nSPS) is 16.0. The van der Waals surface area contributed by atoms with Crippen molar-refractivity contribution in [1.82, 2.24) is 0 Å². The standard InChI is InChI=1S/C16H21F2N3/c1-16(2,11-5-3-4-6-11)10-20-15(19)21-14-9-12(17)7-8-13(14)18/h5,7-9H,3-4,6,10H2,1-2H3,(H3,19,20,21). The number of nitrogens with two attached hydrogens (primary N) is 1. The highest BCUT2D eigenvalue weighted by atomic mass is 19.1. The fourth-order valence-corrected chi connectivity index (χ4v) is 2.44. The molecule has 0 heterocycles. The zero-order chi connectivity index (χ0) is 15.5. The van der Waals surface area contributed by atoms with E-state index in [4.69, 9.17) is 5.73 Å². The highest BCUT2D eigenvalue weighted by molar-refractivity contribution is 5.92. The molecular formula is C16H21F2N3. The first-order valence-electron chi connectivity index (χ1n) is 7.10. The van der Waals surface area contributed by atoms with Gasteiger partial charge in [0.15, 0.2) is 5.96 Å². The van der Waals surface area contributed by atoms with Gasteiger partial charge in [0.1, 0.15) is 11.6 Å². The molecular weight excluding hydrogens is 272 g/mol. The molecule has 0 amide bonds. The van der Waals surface area contributed by atoms with Crippen molar-refractivity contribution in [2.75, 3.05) is 11.9 Å². The van der Waals surface area contributed by atoms with Gasteiger partial charge in [-0.2, -0.15) is 0 Å². The Morgan fingerprint density at radius 3 is 2.81 bits per heavy atom. The molecule has 0 unspecified atom stereocenters. The third kappa shape index (κ3) is 4.03. The van der Waals surface area contributed by atoms with Crippen LogP contribution in [0.25, 0.3) is 0 Å². The van der Waals surface area contributed by atoms with Crippen LogP contribution in [-0.4, -0.2) is 12.5 Å². The van der Waals surface area contributed by atoms with Crippen LogP contribution < -0.4 is 11.1 Å². The predicted molar refractivity (Wildman–Crippen MR) is 82.2 cm³/mol. The first-order valence-corrected chi connectivity index (χ1v) is 7.10. The number of benzene rings is 1. The molecule has 1 aliphatic rings. The van der Waals surface area contributed by atoms with Crippen LogP contribution in [-0.2, 0) is 0 Å². The lowest BCUT2D eigenvalue weighted by molar-refractivity contribution is 0.450. The topological polar surface area (TPSA) is 50.4 Å². The van der Waals surface area contributed by atoms with Crippen LogP contribution in [0.2, 0.25) is 0 Å². The van der Waals surface area contributed by atoms with Crippen LogP contribution in [0, 0.1) is 17.0 Å². The molecule has 0 radical (unpaired) electrons. The number of halogens is 2. The van der Waals surface area contributed by atoms with E-state index in [0.717, 1.165) is 31.0 Å². The Morgan fingerprint density at radius 2 is 2.14 bits per heavy atom. The summed E-state index contributed by atoms with van der Waals surface area (Å²) >= 11 is 0. The van der Waals surface area contributed by atoms with E-state index < -0.39 is 11.6 Å². The smallest absolute Gasteiger partial charge is 0.193 e. The Hall–Kier alpha value is -1.91. The third-order valence-electron chi connectivity index (χ3n) is 3.75. The van der Waals surface area contributed by atoms with Gasteiger partial charge in [-0.1, -0.05) is 25.5 Å². The van der Waals surface area contributed by atoms with Crippen molar-refractivity contribution in [1.29, 1.82) is 0 Å². The quantitative estimate of drug-likeness (QED) is 0.503. The second-order valence-electron chi connectivity index (χ2n) is 5.96. The molecule has 1 aliphatic carbocycles. The van der Waals surface area contributed by atoms with Crippen LogP contribution in [0.3, 0.4) is 0 Å². The summed E-state index contributed by atoms with van der Waals surface area (Å²) in [6.45, 7) is 4.74. The minimum atomic E-state index is -0.563. The van der Waals surface area contributed by atoms with Crippen molar-refractivity contribution in [2.45, 2.75) is 33.1 Å². The fourth-order valence-electron chi connectivity index (χ4n) is 2.44. The van der Waals surface area contributed by atoms with E-state index in [1.807, 2.05) is 0 Å². The number of rotatable bonds is 4. The van der Waals surface area contributed by atoms with Crippen LogP contribution in [0.1, 0.15) is 33.1 Å². The van der Waals surface area contributed by atoms with Crippen LogP contribution in [0.4, 0.5) is 14.5 Å². The zero-order valence-corrected chi connectivity index (χ0v) is 12.4. The maximum atomic E-state index is 13.5. The van der Waals surface area contributed by atoms with E-state index >= 15 is 0 Å². The van der Waals surface area contributed by atoms with Gasteiger partial charge in [0, 0.05) is 11.5 Å². The zero-order valence-electron chi connectivity index (χ0n) is 12.4. The lowest BCUT2D eigenvalue weighted by Crippen LogP contribution is -2.27. The van der Waals surface area contributed by atoms with E-state index in [9.17, 15) is 8.78 Å².